The van der Waals surface area contributed by atoms with E-state index < -0.39 is 12.6 Å². The maximum atomic E-state index is 13.0. The molecule has 0 aliphatic carbocycles. The zero-order chi connectivity index (χ0) is 21.7. The Morgan fingerprint density at radius 3 is 2.73 bits per heavy atom. The highest BCUT2D eigenvalue weighted by molar-refractivity contribution is 8.27. The molecule has 0 spiro atoms. The summed E-state index contributed by atoms with van der Waals surface area (Å²) in [5, 5.41) is 8.81. The van der Waals surface area contributed by atoms with Gasteiger partial charge in [-0.15, -0.1) is 11.8 Å². The summed E-state index contributed by atoms with van der Waals surface area (Å²) in [6.07, 6.45) is 3.71. The molecule has 1 fully saturated rings. The summed E-state index contributed by atoms with van der Waals surface area (Å²) in [7, 11) is 0. The van der Waals surface area contributed by atoms with Crippen molar-refractivity contribution in [2.75, 3.05) is 24.4 Å². The molecule has 156 valence electrons. The van der Waals surface area contributed by atoms with Gasteiger partial charge in [0.1, 0.15) is 0 Å². The van der Waals surface area contributed by atoms with Crippen LogP contribution >= 0.6 is 35.7 Å². The van der Waals surface area contributed by atoms with Gasteiger partial charge in [-0.3, -0.25) is 9.69 Å². The third kappa shape index (κ3) is 5.16. The molecule has 30 heavy (non-hydrogen) atoms. The van der Waals surface area contributed by atoms with Gasteiger partial charge in [-0.1, -0.05) is 36.1 Å². The number of thioether (sulfide) groups is 2. The third-order valence-electron chi connectivity index (χ3n) is 4.02. The number of thiocarbonyl (C=S) groups is 1. The molecule has 9 heteroatoms. The van der Waals surface area contributed by atoms with Crippen LogP contribution in [0.3, 0.4) is 0 Å². The smallest absolute Gasteiger partial charge is 0.341 e. The van der Waals surface area contributed by atoms with E-state index in [1.54, 1.807) is 36.0 Å². The molecule has 1 aliphatic heterocycles. The Morgan fingerprint density at radius 2 is 2.03 bits per heavy atom. The molecule has 0 radical (unpaired) electrons. The first-order chi connectivity index (χ1) is 14.4. The van der Waals surface area contributed by atoms with Gasteiger partial charge in [0.25, 0.3) is 5.91 Å². The topological polar surface area (TPSA) is 76.1 Å². The fraction of sp³-hybridized carbons (Fsp3) is 0.190. The fourth-order valence-corrected chi connectivity index (χ4v) is 4.48. The van der Waals surface area contributed by atoms with Crippen LogP contribution in [0.15, 0.2) is 52.3 Å². The first-order valence-corrected chi connectivity index (χ1v) is 11.4. The van der Waals surface area contributed by atoms with Crippen LogP contribution in [-0.4, -0.2) is 40.8 Å². The minimum absolute atomic E-state index is 0.188. The molecule has 0 aromatic heterocycles. The molecular weight excluding hydrogens is 442 g/mol. The molecule has 0 saturated carbocycles. The van der Waals surface area contributed by atoms with Crippen molar-refractivity contribution in [2.24, 2.45) is 0 Å². The summed E-state index contributed by atoms with van der Waals surface area (Å²) in [6.45, 7) is 1.75. The predicted molar refractivity (Wildman–Crippen MR) is 125 cm³/mol. The van der Waals surface area contributed by atoms with Crippen LogP contribution < -0.4 is 14.4 Å². The Bertz CT molecular complexity index is 1020. The van der Waals surface area contributed by atoms with Gasteiger partial charge in [-0.05, 0) is 55.2 Å². The Kier molecular flexibility index (Phi) is 7.41. The van der Waals surface area contributed by atoms with Crippen molar-refractivity contribution in [3.05, 3.63) is 52.9 Å². The summed E-state index contributed by atoms with van der Waals surface area (Å²) in [5.74, 6) is -0.517. The van der Waals surface area contributed by atoms with Crippen molar-refractivity contribution in [1.29, 1.82) is 0 Å². The fourth-order valence-electron chi connectivity index (χ4n) is 2.73. The number of benzene rings is 2. The van der Waals surface area contributed by atoms with Crippen molar-refractivity contribution in [3.63, 3.8) is 0 Å². The van der Waals surface area contributed by atoms with Crippen LogP contribution in [-0.2, 0) is 9.59 Å². The molecule has 0 bridgehead atoms. The lowest BCUT2D eigenvalue weighted by Crippen LogP contribution is -2.27. The maximum Gasteiger partial charge on any atom is 0.341 e. The summed E-state index contributed by atoms with van der Waals surface area (Å²) >= 11 is 8.27. The second kappa shape index (κ2) is 10.0. The first kappa shape index (κ1) is 22.2. The van der Waals surface area contributed by atoms with Crippen molar-refractivity contribution < 1.29 is 24.2 Å². The number of rotatable bonds is 8. The van der Waals surface area contributed by atoms with E-state index >= 15 is 0 Å². The van der Waals surface area contributed by atoms with E-state index in [1.165, 1.54) is 16.7 Å². The van der Waals surface area contributed by atoms with Crippen molar-refractivity contribution in [3.8, 4) is 11.5 Å². The van der Waals surface area contributed by atoms with Crippen molar-refractivity contribution >= 4 is 63.7 Å². The van der Waals surface area contributed by atoms with E-state index in [2.05, 4.69) is 0 Å². The summed E-state index contributed by atoms with van der Waals surface area (Å²) < 4.78 is 11.3. The summed E-state index contributed by atoms with van der Waals surface area (Å²) in [4.78, 5) is 26.8. The second-order valence-electron chi connectivity index (χ2n) is 6.04. The zero-order valence-corrected chi connectivity index (χ0v) is 18.7. The van der Waals surface area contributed by atoms with Gasteiger partial charge in [0.2, 0.25) is 0 Å². The lowest BCUT2D eigenvalue weighted by Gasteiger charge is -2.15. The largest absolute Gasteiger partial charge is 0.490 e. The second-order valence-corrected chi connectivity index (χ2v) is 8.60. The Hall–Kier alpha value is -2.49. The van der Waals surface area contributed by atoms with E-state index in [4.69, 9.17) is 26.8 Å². The number of aliphatic carboxylic acids is 1. The van der Waals surface area contributed by atoms with Gasteiger partial charge < -0.3 is 14.6 Å². The number of amides is 1. The summed E-state index contributed by atoms with van der Waals surface area (Å²) in [5.41, 5.74) is 1.46. The number of nitrogens with zero attached hydrogens (tertiary/aromatic N) is 1. The van der Waals surface area contributed by atoms with E-state index in [-0.39, 0.29) is 5.91 Å². The Labute approximate surface area is 188 Å². The molecule has 1 N–H and O–H groups in total. The molecule has 2 aromatic carbocycles. The molecule has 1 aliphatic rings. The van der Waals surface area contributed by atoms with Gasteiger partial charge in [0.15, 0.2) is 22.4 Å². The molecule has 1 saturated heterocycles. The molecule has 1 heterocycles. The first-order valence-electron chi connectivity index (χ1n) is 8.96. The average Bonchev–Trinajstić information content (AvgIpc) is 3.00. The number of carboxylic acid groups (broad SMARTS) is 1. The Balaban J connectivity index is 1.87. The minimum Gasteiger partial charge on any atom is -0.490 e. The van der Waals surface area contributed by atoms with Crippen molar-refractivity contribution in [2.45, 2.75) is 11.8 Å². The van der Waals surface area contributed by atoms with Crippen LogP contribution in [0.4, 0.5) is 5.69 Å². The van der Waals surface area contributed by atoms with Crippen LogP contribution in [0.1, 0.15) is 12.5 Å². The average molecular weight is 462 g/mol. The van der Waals surface area contributed by atoms with Crippen LogP contribution in [0, 0.1) is 0 Å². The number of carboxylic acids is 1. The quantitative estimate of drug-likeness (QED) is 0.345. The number of carbonyl (C=O) groups is 2. The van der Waals surface area contributed by atoms with Gasteiger partial charge in [0, 0.05) is 4.90 Å². The van der Waals surface area contributed by atoms with Crippen LogP contribution in [0.25, 0.3) is 6.08 Å². The number of anilines is 1. The van der Waals surface area contributed by atoms with Gasteiger partial charge >= 0.3 is 5.97 Å². The highest BCUT2D eigenvalue weighted by atomic mass is 32.2. The molecule has 3 rings (SSSR count). The van der Waals surface area contributed by atoms with E-state index in [9.17, 15) is 9.59 Å². The summed E-state index contributed by atoms with van der Waals surface area (Å²) in [6, 6.07) is 12.7. The molecule has 2 aromatic rings. The maximum absolute atomic E-state index is 13.0. The zero-order valence-electron chi connectivity index (χ0n) is 16.3. The minimum atomic E-state index is -1.07. The highest BCUT2D eigenvalue weighted by Gasteiger charge is 2.33. The lowest BCUT2D eigenvalue weighted by molar-refractivity contribution is -0.139. The highest BCUT2D eigenvalue weighted by Crippen LogP contribution is 2.38. The normalized spacial score (nSPS) is 15.0. The van der Waals surface area contributed by atoms with Crippen LogP contribution in [0.2, 0.25) is 0 Å². The lowest BCUT2D eigenvalue weighted by atomic mass is 10.1. The molecule has 6 nitrogen and oxygen atoms in total. The SMILES string of the molecule is CCOc1cc(C=C2SC(=S)N(c3cccc(SC)c3)C2=O)ccc1OCC(=O)O. The number of hydrogen-bond acceptors (Lipinski definition) is 7. The molecular formula is C21H19NO5S3. The monoisotopic (exact) mass is 461 g/mol. The van der Waals surface area contributed by atoms with Gasteiger partial charge in [0.05, 0.1) is 17.2 Å². The molecule has 1 amide bonds. The van der Waals surface area contributed by atoms with Crippen LogP contribution in [0.5, 0.6) is 11.5 Å². The van der Waals surface area contributed by atoms with E-state index in [1.807, 2.05) is 37.4 Å². The van der Waals surface area contributed by atoms with E-state index in [0.717, 1.165) is 16.1 Å². The Morgan fingerprint density at radius 1 is 1.23 bits per heavy atom. The standard InChI is InChI=1S/C21H19NO5S3/c1-3-26-17-9-13(7-8-16(17)27-12-19(23)24)10-18-20(25)22(21(28)30-18)14-5-4-6-15(11-14)29-2/h4-11H,3,12H2,1-2H3,(H,23,24). The molecule has 0 unspecified atom stereocenters. The predicted octanol–water partition coefficient (Wildman–Crippen LogP) is 4.68. The number of carbonyl (C=O) groups excluding carboxylic acids is 1. The van der Waals surface area contributed by atoms with Gasteiger partial charge in [-0.25, -0.2) is 4.79 Å². The third-order valence-corrected chi connectivity index (χ3v) is 6.05. The van der Waals surface area contributed by atoms with Gasteiger partial charge in [-0.2, -0.15) is 0 Å². The van der Waals surface area contributed by atoms with Crippen molar-refractivity contribution in [1.82, 2.24) is 0 Å². The van der Waals surface area contributed by atoms with E-state index in [0.29, 0.717) is 27.3 Å². The number of hydrogen-bond donors (Lipinski definition) is 1. The molecule has 0 atom stereocenters. The number of ether oxygens (including phenoxy) is 2.